The number of hydrogen-bond acceptors (Lipinski definition) is 5. The van der Waals surface area contributed by atoms with Gasteiger partial charge in [-0.1, -0.05) is 37.4 Å². The molecule has 6 nitrogen and oxygen atoms in total. The molecule has 0 aliphatic carbocycles. The molecule has 4 N–H and O–H groups in total. The van der Waals surface area contributed by atoms with Crippen LogP contribution in [0, 0.1) is 0 Å². The van der Waals surface area contributed by atoms with E-state index in [1.165, 1.54) is 11.2 Å². The van der Waals surface area contributed by atoms with Gasteiger partial charge < -0.3 is 5.73 Å². The minimum Gasteiger partial charge on any atom is -0.403 e. The van der Waals surface area contributed by atoms with Crippen LogP contribution in [-0.2, 0) is 0 Å². The molecule has 0 bridgehead atoms. The van der Waals surface area contributed by atoms with Gasteiger partial charge in [0.05, 0.1) is 33.8 Å². The number of fused-ring (bicyclic) bond motifs is 1. The molecule has 0 unspecified atom stereocenters. The topological polar surface area (TPSA) is 86.0 Å². The maximum absolute atomic E-state index is 6.07. The first-order chi connectivity index (χ1) is 15.0. The fourth-order valence-corrected chi connectivity index (χ4v) is 3.06. The Hall–Kier alpha value is -3.87. The summed E-state index contributed by atoms with van der Waals surface area (Å²) in [4.78, 5) is 4.42. The molecule has 0 fully saturated rings. The average molecular weight is 431 g/mol. The van der Waals surface area contributed by atoms with E-state index in [9.17, 15) is 0 Å². The summed E-state index contributed by atoms with van der Waals surface area (Å²) in [6.45, 7) is 12.1. The molecule has 31 heavy (non-hydrogen) atoms. The van der Waals surface area contributed by atoms with Crippen molar-refractivity contribution in [3.05, 3.63) is 121 Å². The van der Waals surface area contributed by atoms with Crippen LogP contribution in [0.1, 0.15) is 5.69 Å². The predicted octanol–water partition coefficient (Wildman–Crippen LogP) is 4.79. The van der Waals surface area contributed by atoms with Crippen LogP contribution >= 0.6 is 11.6 Å². The summed E-state index contributed by atoms with van der Waals surface area (Å²) < 4.78 is 1.83. The Morgan fingerprint density at radius 2 is 1.94 bits per heavy atom. The van der Waals surface area contributed by atoms with Gasteiger partial charge in [-0.25, -0.2) is 10.5 Å². The second kappa shape index (κ2) is 9.75. The van der Waals surface area contributed by atoms with Crippen LogP contribution in [-0.4, -0.2) is 19.8 Å². The maximum Gasteiger partial charge on any atom is 0.0746 e. The van der Waals surface area contributed by atoms with Crippen LogP contribution in [0.5, 0.6) is 0 Å². The fourth-order valence-electron chi connectivity index (χ4n) is 2.95. The number of hydrogen-bond donors (Lipinski definition) is 2. The van der Waals surface area contributed by atoms with Crippen molar-refractivity contribution in [1.82, 2.24) is 19.8 Å². The molecule has 3 rings (SSSR count). The molecule has 3 aromatic rings. The smallest absolute Gasteiger partial charge is 0.0746 e. The minimum atomic E-state index is 0.343. The molecule has 0 amide bonds. The summed E-state index contributed by atoms with van der Waals surface area (Å²) >= 11 is 5.94. The summed E-state index contributed by atoms with van der Waals surface area (Å²) in [7, 11) is 0. The molecule has 0 aliphatic rings. The Morgan fingerprint density at radius 3 is 2.68 bits per heavy atom. The van der Waals surface area contributed by atoms with Crippen molar-refractivity contribution >= 4 is 28.1 Å². The summed E-state index contributed by atoms with van der Waals surface area (Å²) in [6, 6.07) is 11.7. The van der Waals surface area contributed by atoms with Gasteiger partial charge in [0.25, 0.3) is 0 Å². The zero-order chi connectivity index (χ0) is 22.4. The molecule has 7 heteroatoms. The van der Waals surface area contributed by atoms with Crippen LogP contribution in [0.4, 0.5) is 0 Å². The van der Waals surface area contributed by atoms with E-state index in [4.69, 9.17) is 23.2 Å². The quantitative estimate of drug-likeness (QED) is 0.305. The van der Waals surface area contributed by atoms with Gasteiger partial charge in [0.15, 0.2) is 0 Å². The molecular weight excluding hydrogens is 408 g/mol. The summed E-state index contributed by atoms with van der Waals surface area (Å²) in [5, 5.41) is 7.19. The van der Waals surface area contributed by atoms with E-state index >= 15 is 0 Å². The number of benzene rings is 1. The first-order valence-electron chi connectivity index (χ1n) is 9.36. The molecule has 156 valence electrons. The first-order valence-corrected chi connectivity index (χ1v) is 9.74. The van der Waals surface area contributed by atoms with Crippen molar-refractivity contribution in [3.63, 3.8) is 0 Å². The van der Waals surface area contributed by atoms with Gasteiger partial charge in [-0.2, -0.15) is 5.10 Å². The average Bonchev–Trinajstić information content (AvgIpc) is 3.29. The summed E-state index contributed by atoms with van der Waals surface area (Å²) in [5.41, 5.74) is 9.93. The molecule has 0 radical (unpaired) electrons. The standard InChI is InChI=1S/C24H23ClN6/c1-4-20(15-19(25)16-26)30(27)14-11-17(2)18(3)23-10-13-29-31(23)24-9-5-8-22-21(24)7-6-12-28-22/h4-16H,1-3,26-27H2/b14-11-,19-16+,20-15+. The van der Waals surface area contributed by atoms with E-state index in [0.717, 1.165) is 22.3 Å². The van der Waals surface area contributed by atoms with Gasteiger partial charge in [0.1, 0.15) is 0 Å². The van der Waals surface area contributed by atoms with Crippen molar-refractivity contribution in [1.29, 1.82) is 0 Å². The number of aromatic nitrogens is 3. The Balaban J connectivity index is 1.87. The normalized spacial score (nSPS) is 12.3. The van der Waals surface area contributed by atoms with E-state index in [-0.39, 0.29) is 0 Å². The highest BCUT2D eigenvalue weighted by atomic mass is 35.5. The minimum absolute atomic E-state index is 0.343. The highest BCUT2D eigenvalue weighted by Crippen LogP contribution is 2.27. The lowest BCUT2D eigenvalue weighted by molar-refractivity contribution is 0.508. The lowest BCUT2D eigenvalue weighted by atomic mass is 10.1. The number of nitrogens with two attached hydrogens (primary N) is 2. The maximum atomic E-state index is 6.07. The molecular formula is C24H23ClN6. The summed E-state index contributed by atoms with van der Waals surface area (Å²) in [5.74, 6) is 6.07. The van der Waals surface area contributed by atoms with E-state index < -0.39 is 0 Å². The molecule has 2 aromatic heterocycles. The third kappa shape index (κ3) is 4.83. The predicted molar refractivity (Wildman–Crippen MR) is 129 cm³/mol. The van der Waals surface area contributed by atoms with Gasteiger partial charge in [-0.05, 0) is 59.7 Å². The van der Waals surface area contributed by atoms with Crippen LogP contribution < -0.4 is 11.6 Å². The highest BCUT2D eigenvalue weighted by Gasteiger charge is 2.12. The van der Waals surface area contributed by atoms with Crippen LogP contribution in [0.3, 0.4) is 0 Å². The Morgan fingerprint density at radius 1 is 1.13 bits per heavy atom. The van der Waals surface area contributed by atoms with Crippen molar-refractivity contribution in [2.24, 2.45) is 11.6 Å². The van der Waals surface area contributed by atoms with E-state index in [1.807, 2.05) is 41.1 Å². The molecule has 0 spiro atoms. The fraction of sp³-hybridized carbons (Fsp3) is 0. The Kier molecular flexibility index (Phi) is 6.87. The largest absolute Gasteiger partial charge is 0.403 e. The van der Waals surface area contributed by atoms with Gasteiger partial charge in [0, 0.05) is 24.0 Å². The molecule has 0 atom stereocenters. The molecule has 0 saturated carbocycles. The lowest BCUT2D eigenvalue weighted by Crippen LogP contribution is -2.23. The van der Waals surface area contributed by atoms with Crippen molar-refractivity contribution in [3.8, 4) is 5.69 Å². The van der Waals surface area contributed by atoms with Crippen molar-refractivity contribution in [2.75, 3.05) is 0 Å². The van der Waals surface area contributed by atoms with Gasteiger partial charge >= 0.3 is 0 Å². The van der Waals surface area contributed by atoms with Gasteiger partial charge in [-0.15, -0.1) is 0 Å². The van der Waals surface area contributed by atoms with Crippen LogP contribution in [0.25, 0.3) is 22.2 Å². The Labute approximate surface area is 186 Å². The van der Waals surface area contributed by atoms with Crippen LogP contribution in [0.2, 0.25) is 0 Å². The number of halogens is 1. The zero-order valence-electron chi connectivity index (χ0n) is 16.9. The molecule has 1 aromatic carbocycles. The first kappa shape index (κ1) is 21.8. The third-order valence-electron chi connectivity index (χ3n) is 4.58. The van der Waals surface area contributed by atoms with Crippen LogP contribution in [0.15, 0.2) is 115 Å². The van der Waals surface area contributed by atoms with E-state index in [2.05, 4.69) is 29.8 Å². The third-order valence-corrected chi connectivity index (χ3v) is 4.81. The molecule has 2 heterocycles. The van der Waals surface area contributed by atoms with Gasteiger partial charge in [0.2, 0.25) is 0 Å². The number of hydrazine groups is 1. The highest BCUT2D eigenvalue weighted by molar-refractivity contribution is 6.31. The number of nitrogens with zero attached hydrogens (tertiary/aromatic N) is 4. The lowest BCUT2D eigenvalue weighted by Gasteiger charge is -2.16. The van der Waals surface area contributed by atoms with Crippen molar-refractivity contribution in [2.45, 2.75) is 0 Å². The van der Waals surface area contributed by atoms with Crippen molar-refractivity contribution < 1.29 is 0 Å². The zero-order valence-corrected chi connectivity index (χ0v) is 17.7. The van der Waals surface area contributed by atoms with Gasteiger partial charge in [-0.3, -0.25) is 9.99 Å². The second-order valence-electron chi connectivity index (χ2n) is 6.53. The van der Waals surface area contributed by atoms with E-state index in [1.54, 1.807) is 36.8 Å². The molecule has 0 aliphatic heterocycles. The number of allylic oxidation sites excluding steroid dienone is 6. The number of pyridine rings is 1. The Bertz CT molecular complexity index is 1230. The SMILES string of the molecule is C=C/C(=C\C(Cl)=C/N)N(N)/C=C\C(=C)C(=C)c1ccnn1-c1cccc2ncccc12. The number of rotatable bonds is 8. The molecule has 0 saturated heterocycles. The van der Waals surface area contributed by atoms with E-state index in [0.29, 0.717) is 21.9 Å². The second-order valence-corrected chi connectivity index (χ2v) is 6.96. The monoisotopic (exact) mass is 430 g/mol. The summed E-state index contributed by atoms with van der Waals surface area (Å²) in [6.07, 6.45) is 11.3.